The lowest BCUT2D eigenvalue weighted by atomic mass is 9.88. The van der Waals surface area contributed by atoms with Crippen LogP contribution in [0.1, 0.15) is 119 Å². The summed E-state index contributed by atoms with van der Waals surface area (Å²) in [7, 11) is 1.42. The third kappa shape index (κ3) is 17.2. The first-order valence-electron chi connectivity index (χ1n) is 16.8. The van der Waals surface area contributed by atoms with Crippen molar-refractivity contribution < 1.29 is 33.4 Å². The number of unbranched alkanes of at least 4 members (excludes halogenated alkanes) is 8. The topological polar surface area (TPSA) is 131 Å². The van der Waals surface area contributed by atoms with Crippen molar-refractivity contribution in [2.75, 3.05) is 13.6 Å². The van der Waals surface area contributed by atoms with E-state index in [0.717, 1.165) is 36.5 Å². The second kappa shape index (κ2) is 21.5. The van der Waals surface area contributed by atoms with Gasteiger partial charge in [-0.25, -0.2) is 4.79 Å². The Morgan fingerprint density at radius 3 is 2.04 bits per heavy atom. The lowest BCUT2D eigenvalue weighted by molar-refractivity contribution is -0.164. The van der Waals surface area contributed by atoms with Crippen molar-refractivity contribution in [1.82, 2.24) is 15.5 Å². The summed E-state index contributed by atoms with van der Waals surface area (Å²) in [5, 5.41) is 5.21. The van der Waals surface area contributed by atoms with E-state index in [1.54, 1.807) is 20.8 Å². The van der Waals surface area contributed by atoms with E-state index in [1.807, 2.05) is 6.92 Å². The second-order valence-electron chi connectivity index (χ2n) is 13.2. The molecule has 0 fully saturated rings. The van der Waals surface area contributed by atoms with Crippen LogP contribution in [0.15, 0.2) is 24.4 Å². The van der Waals surface area contributed by atoms with Crippen LogP contribution in [0.2, 0.25) is 0 Å². The molecule has 0 saturated carbocycles. The molecule has 10 nitrogen and oxygen atoms in total. The number of likely N-dealkylation sites (N-methyl/N-ethyl adjacent to an activating group) is 1. The van der Waals surface area contributed by atoms with Crippen LogP contribution in [-0.4, -0.2) is 66.4 Å². The van der Waals surface area contributed by atoms with Crippen LogP contribution in [0, 0.1) is 17.8 Å². The Hall–Kier alpha value is -3.17. The molecule has 0 aliphatic carbocycles. The molecule has 0 spiro atoms. The molecule has 0 unspecified atom stereocenters. The van der Waals surface area contributed by atoms with Gasteiger partial charge in [0.25, 0.3) is 0 Å². The molecule has 1 heterocycles. The van der Waals surface area contributed by atoms with Crippen LogP contribution >= 0.6 is 0 Å². The molecule has 1 aliphatic heterocycles. The molecule has 256 valence electrons. The molecule has 2 N–H and O–H groups in total. The van der Waals surface area contributed by atoms with Gasteiger partial charge in [0.2, 0.25) is 17.7 Å². The van der Waals surface area contributed by atoms with Gasteiger partial charge in [0, 0.05) is 18.8 Å². The summed E-state index contributed by atoms with van der Waals surface area (Å²) in [4.78, 5) is 65.6. The highest BCUT2D eigenvalue weighted by Crippen LogP contribution is 2.25. The number of hydrogen-bond acceptors (Lipinski definition) is 7. The summed E-state index contributed by atoms with van der Waals surface area (Å²) in [6, 6.07) is -1.35. The first kappa shape index (κ1) is 39.9. The molecule has 0 bridgehead atoms. The first-order chi connectivity index (χ1) is 21.2. The Kier molecular flexibility index (Phi) is 19.1. The van der Waals surface area contributed by atoms with Crippen molar-refractivity contribution in [3.05, 3.63) is 24.4 Å². The lowest BCUT2D eigenvalue weighted by Crippen LogP contribution is -2.49. The molecule has 0 aromatic heterocycles. The third-order valence-corrected chi connectivity index (χ3v) is 7.99. The van der Waals surface area contributed by atoms with Gasteiger partial charge < -0.3 is 25.0 Å². The second-order valence-corrected chi connectivity index (χ2v) is 13.2. The van der Waals surface area contributed by atoms with Gasteiger partial charge in [-0.05, 0) is 38.2 Å². The fourth-order valence-electron chi connectivity index (χ4n) is 5.31. The van der Waals surface area contributed by atoms with E-state index in [4.69, 9.17) is 9.47 Å². The van der Waals surface area contributed by atoms with E-state index in [1.165, 1.54) is 64.1 Å². The van der Waals surface area contributed by atoms with Gasteiger partial charge in [-0.1, -0.05) is 98.5 Å². The van der Waals surface area contributed by atoms with Gasteiger partial charge in [0.1, 0.15) is 12.1 Å². The number of cyclic esters (lactones) is 1. The highest BCUT2D eigenvalue weighted by Gasteiger charge is 2.36. The van der Waals surface area contributed by atoms with Gasteiger partial charge in [-0.2, -0.15) is 0 Å². The zero-order valence-electron chi connectivity index (χ0n) is 28.8. The Balaban J connectivity index is 2.95. The van der Waals surface area contributed by atoms with Crippen molar-refractivity contribution in [2.45, 2.75) is 137 Å². The maximum absolute atomic E-state index is 13.5. The average molecular weight is 634 g/mol. The number of ether oxygens (including phenoxy) is 2. The zero-order valence-corrected chi connectivity index (χ0v) is 28.8. The number of allylic oxidation sites excluding steroid dienone is 1. The van der Waals surface area contributed by atoms with Gasteiger partial charge in [0.05, 0.1) is 25.0 Å². The quantitative estimate of drug-likeness (QED) is 0.167. The molecule has 0 radical (unpaired) electrons. The molecule has 0 saturated heterocycles. The summed E-state index contributed by atoms with van der Waals surface area (Å²) >= 11 is 0. The molecule has 1 aliphatic rings. The van der Waals surface area contributed by atoms with Crippen LogP contribution in [0.5, 0.6) is 0 Å². The maximum Gasteiger partial charge on any atom is 0.329 e. The van der Waals surface area contributed by atoms with Gasteiger partial charge in [-0.3, -0.25) is 19.2 Å². The molecule has 1 rings (SSSR count). The molecular formula is C35H59N3O7. The fourth-order valence-corrected chi connectivity index (χ4v) is 5.31. The number of rotatable bonds is 16. The van der Waals surface area contributed by atoms with Crippen molar-refractivity contribution >= 4 is 29.7 Å². The summed E-state index contributed by atoms with van der Waals surface area (Å²) in [5.41, 5.74) is 0.194. The Labute approximate surface area is 271 Å². The lowest BCUT2D eigenvalue weighted by Gasteiger charge is -2.30. The monoisotopic (exact) mass is 633 g/mol. The van der Waals surface area contributed by atoms with E-state index in [2.05, 4.69) is 31.1 Å². The number of nitrogens with zero attached hydrogens (tertiary/aromatic N) is 1. The molecular weight excluding hydrogens is 574 g/mol. The number of nitrogens with one attached hydrogen (secondary N) is 2. The SMILES string of the molecule is C=C1/C=C/C(=O)N(C)CC(=O)N[C@@H](CC(=O)OC(C)C)C(=O)O[C@@H]([C@H](C)CCCCCCCCCCCC(C)C)[C@H](C)C(=O)N1. The standard InChI is InChI=1S/C35H59N3O7/c1-24(2)18-16-14-12-10-9-11-13-15-17-19-26(5)33-28(7)34(42)36-27(6)20-21-31(40)38(8)23-30(39)37-29(35(43)45-33)22-32(41)44-25(3)4/h20-21,24-26,28-29,33H,6,9-19,22-23H2,1-5,7-8H3,(H,36,42)(H,37,39)/b21-20+/t26-,28+,29+,33+/m1/s1. The molecule has 10 heteroatoms. The summed E-state index contributed by atoms with van der Waals surface area (Å²) < 4.78 is 11.1. The summed E-state index contributed by atoms with van der Waals surface area (Å²) in [5.74, 6) is -3.26. The number of carbonyl (C=O) groups is 5. The molecule has 0 aromatic carbocycles. The van der Waals surface area contributed by atoms with E-state index in [9.17, 15) is 24.0 Å². The van der Waals surface area contributed by atoms with Gasteiger partial charge in [-0.15, -0.1) is 0 Å². The molecule has 3 amide bonds. The fraction of sp³-hybridized carbons (Fsp3) is 0.743. The highest BCUT2D eigenvalue weighted by molar-refractivity contribution is 5.93. The number of esters is 2. The minimum atomic E-state index is -1.35. The number of hydrogen-bond donors (Lipinski definition) is 2. The van der Waals surface area contributed by atoms with Crippen LogP contribution < -0.4 is 10.6 Å². The van der Waals surface area contributed by atoms with Gasteiger partial charge in [0.15, 0.2) is 0 Å². The van der Waals surface area contributed by atoms with Crippen molar-refractivity contribution in [3.63, 3.8) is 0 Å². The average Bonchev–Trinajstić information content (AvgIpc) is 2.95. The Morgan fingerprint density at radius 1 is 0.933 bits per heavy atom. The van der Waals surface area contributed by atoms with Crippen LogP contribution in [-0.2, 0) is 33.4 Å². The number of carbonyl (C=O) groups excluding carboxylic acids is 5. The smallest absolute Gasteiger partial charge is 0.329 e. The molecule has 0 aromatic rings. The van der Waals surface area contributed by atoms with E-state index >= 15 is 0 Å². The zero-order chi connectivity index (χ0) is 33.9. The Bertz CT molecular complexity index is 1010. The molecule has 45 heavy (non-hydrogen) atoms. The first-order valence-corrected chi connectivity index (χ1v) is 16.8. The largest absolute Gasteiger partial charge is 0.463 e. The summed E-state index contributed by atoms with van der Waals surface area (Å²) in [6.45, 7) is 14.9. The van der Waals surface area contributed by atoms with E-state index < -0.39 is 60.2 Å². The minimum absolute atomic E-state index is 0.179. The van der Waals surface area contributed by atoms with E-state index in [-0.39, 0.29) is 18.2 Å². The van der Waals surface area contributed by atoms with Crippen molar-refractivity contribution in [2.24, 2.45) is 17.8 Å². The van der Waals surface area contributed by atoms with Crippen LogP contribution in [0.4, 0.5) is 0 Å². The molecule has 4 atom stereocenters. The van der Waals surface area contributed by atoms with Gasteiger partial charge >= 0.3 is 11.9 Å². The minimum Gasteiger partial charge on any atom is -0.463 e. The predicted molar refractivity (Wildman–Crippen MR) is 176 cm³/mol. The van der Waals surface area contributed by atoms with Crippen LogP contribution in [0.25, 0.3) is 0 Å². The normalized spacial score (nSPS) is 21.9. The van der Waals surface area contributed by atoms with Crippen molar-refractivity contribution in [1.29, 1.82) is 0 Å². The van der Waals surface area contributed by atoms with Crippen LogP contribution in [0.3, 0.4) is 0 Å². The Morgan fingerprint density at radius 2 is 1.49 bits per heavy atom. The highest BCUT2D eigenvalue weighted by atomic mass is 16.6. The summed E-state index contributed by atoms with van der Waals surface area (Å²) in [6.07, 6.45) is 13.6. The maximum atomic E-state index is 13.5. The van der Waals surface area contributed by atoms with Crippen molar-refractivity contribution in [3.8, 4) is 0 Å². The third-order valence-electron chi connectivity index (χ3n) is 7.99. The predicted octanol–water partition coefficient (Wildman–Crippen LogP) is 5.60. The van der Waals surface area contributed by atoms with E-state index in [0.29, 0.717) is 0 Å². The number of amides is 3.